The molecule has 4 rings (SSSR count). The molecule has 1 amide bonds. The Morgan fingerprint density at radius 2 is 2.03 bits per heavy atom. The van der Waals surface area contributed by atoms with Crippen molar-refractivity contribution in [2.45, 2.75) is 32.0 Å². The molecule has 0 saturated carbocycles. The van der Waals surface area contributed by atoms with E-state index in [0.29, 0.717) is 17.4 Å². The van der Waals surface area contributed by atoms with E-state index in [-0.39, 0.29) is 23.9 Å². The van der Waals surface area contributed by atoms with E-state index in [9.17, 15) is 9.59 Å². The zero-order valence-corrected chi connectivity index (χ0v) is 17.6. The first-order valence-corrected chi connectivity index (χ1v) is 10.6. The van der Waals surface area contributed by atoms with Gasteiger partial charge in [0.2, 0.25) is 5.91 Å². The summed E-state index contributed by atoms with van der Waals surface area (Å²) < 4.78 is 2.34. The summed E-state index contributed by atoms with van der Waals surface area (Å²) in [6.07, 6.45) is 2.73. The van der Waals surface area contributed by atoms with Crippen molar-refractivity contribution in [1.82, 2.24) is 19.8 Å². The molecule has 2 aromatic carbocycles. The molecular weight excluding hydrogens is 432 g/mol. The minimum Gasteiger partial charge on any atom is -0.352 e. The molecule has 7 heteroatoms. The van der Waals surface area contributed by atoms with Crippen molar-refractivity contribution in [2.75, 3.05) is 13.1 Å². The number of nitrogens with one attached hydrogen (secondary N) is 1. The standard InChI is InChI=1S/C22H23BrN4O2/c23-17-6-7-20-19(12-17)22(29)27(15-24-20)11-9-21(28)25-18-8-10-26(14-18)13-16-4-2-1-3-5-16/h1-7,12,15,18H,8-11,13-14H2,(H,25,28). The van der Waals surface area contributed by atoms with Crippen LogP contribution in [0.1, 0.15) is 18.4 Å². The first-order chi connectivity index (χ1) is 14.1. The smallest absolute Gasteiger partial charge is 0.261 e. The van der Waals surface area contributed by atoms with Crippen molar-refractivity contribution in [3.63, 3.8) is 0 Å². The Morgan fingerprint density at radius 3 is 2.86 bits per heavy atom. The molecule has 0 radical (unpaired) electrons. The number of carbonyl (C=O) groups excluding carboxylic acids is 1. The van der Waals surface area contributed by atoms with Crippen LogP contribution in [0.5, 0.6) is 0 Å². The Hall–Kier alpha value is -2.51. The van der Waals surface area contributed by atoms with E-state index >= 15 is 0 Å². The fraction of sp³-hybridized carbons (Fsp3) is 0.318. The molecule has 2 heterocycles. The summed E-state index contributed by atoms with van der Waals surface area (Å²) in [5.74, 6) is -0.0298. The van der Waals surface area contributed by atoms with Crippen LogP contribution in [0.15, 0.2) is 64.1 Å². The van der Waals surface area contributed by atoms with Crippen molar-refractivity contribution >= 4 is 32.7 Å². The zero-order valence-electron chi connectivity index (χ0n) is 16.1. The van der Waals surface area contributed by atoms with Gasteiger partial charge in [0.25, 0.3) is 5.56 Å². The van der Waals surface area contributed by atoms with Crippen molar-refractivity contribution < 1.29 is 4.79 Å². The summed E-state index contributed by atoms with van der Waals surface area (Å²) in [6, 6.07) is 16.0. The highest BCUT2D eigenvalue weighted by Crippen LogP contribution is 2.15. The second-order valence-electron chi connectivity index (χ2n) is 7.43. The molecule has 150 valence electrons. The Morgan fingerprint density at radius 1 is 1.21 bits per heavy atom. The van der Waals surface area contributed by atoms with E-state index in [2.05, 4.69) is 43.3 Å². The van der Waals surface area contributed by atoms with Crippen LogP contribution >= 0.6 is 15.9 Å². The van der Waals surface area contributed by atoms with Gasteiger partial charge < -0.3 is 5.32 Å². The predicted molar refractivity (Wildman–Crippen MR) is 117 cm³/mol. The highest BCUT2D eigenvalue weighted by atomic mass is 79.9. The largest absolute Gasteiger partial charge is 0.352 e. The Labute approximate surface area is 177 Å². The van der Waals surface area contributed by atoms with E-state index in [1.54, 1.807) is 12.1 Å². The normalized spacial score (nSPS) is 16.9. The third-order valence-electron chi connectivity index (χ3n) is 5.25. The number of amides is 1. The number of carbonyl (C=O) groups is 1. The van der Waals surface area contributed by atoms with E-state index in [1.807, 2.05) is 24.3 Å². The molecule has 1 N–H and O–H groups in total. The Kier molecular flexibility index (Phi) is 6.06. The first kappa shape index (κ1) is 19.8. The third-order valence-corrected chi connectivity index (χ3v) is 5.75. The van der Waals surface area contributed by atoms with Crippen LogP contribution < -0.4 is 10.9 Å². The van der Waals surface area contributed by atoms with Gasteiger partial charge in [-0.2, -0.15) is 0 Å². The van der Waals surface area contributed by atoms with Crippen LogP contribution in [0.2, 0.25) is 0 Å². The molecule has 1 atom stereocenters. The van der Waals surface area contributed by atoms with Crippen LogP contribution in [0, 0.1) is 0 Å². The number of hydrogen-bond acceptors (Lipinski definition) is 4. The monoisotopic (exact) mass is 454 g/mol. The lowest BCUT2D eigenvalue weighted by molar-refractivity contribution is -0.121. The highest BCUT2D eigenvalue weighted by Gasteiger charge is 2.23. The second-order valence-corrected chi connectivity index (χ2v) is 8.34. The molecule has 3 aromatic rings. The van der Waals surface area contributed by atoms with Gasteiger partial charge in [-0.3, -0.25) is 19.1 Å². The first-order valence-electron chi connectivity index (χ1n) is 9.79. The van der Waals surface area contributed by atoms with E-state index in [1.165, 1.54) is 16.5 Å². The SMILES string of the molecule is O=C(CCn1cnc2ccc(Br)cc2c1=O)NC1CCN(Cc2ccccc2)C1. The van der Waals surface area contributed by atoms with Gasteiger partial charge in [0, 0.05) is 43.1 Å². The Bertz CT molecular complexity index is 1070. The maximum atomic E-state index is 12.6. The van der Waals surface area contributed by atoms with Crippen LogP contribution in [0.4, 0.5) is 0 Å². The van der Waals surface area contributed by atoms with Crippen LogP contribution in [0.3, 0.4) is 0 Å². The van der Waals surface area contributed by atoms with Gasteiger partial charge in [-0.05, 0) is 30.2 Å². The quantitative estimate of drug-likeness (QED) is 0.621. The average Bonchev–Trinajstić information content (AvgIpc) is 3.15. The van der Waals surface area contributed by atoms with Crippen LogP contribution in [-0.4, -0.2) is 39.5 Å². The molecule has 1 fully saturated rings. The summed E-state index contributed by atoms with van der Waals surface area (Å²) in [4.78, 5) is 31.7. The van der Waals surface area contributed by atoms with E-state index < -0.39 is 0 Å². The molecule has 0 spiro atoms. The van der Waals surface area contributed by atoms with Crippen molar-refractivity contribution in [2.24, 2.45) is 0 Å². The number of nitrogens with zero attached hydrogens (tertiary/aromatic N) is 3. The number of likely N-dealkylation sites (tertiary alicyclic amines) is 1. The minimum atomic E-state index is -0.126. The molecule has 1 aliphatic heterocycles. The molecule has 1 saturated heterocycles. The van der Waals surface area contributed by atoms with Crippen molar-refractivity contribution in [3.8, 4) is 0 Å². The maximum Gasteiger partial charge on any atom is 0.261 e. The third kappa shape index (κ3) is 4.92. The van der Waals surface area contributed by atoms with Gasteiger partial charge in [-0.25, -0.2) is 4.98 Å². The average molecular weight is 455 g/mol. The lowest BCUT2D eigenvalue weighted by Gasteiger charge is -2.17. The molecule has 1 aromatic heterocycles. The molecule has 29 heavy (non-hydrogen) atoms. The van der Waals surface area contributed by atoms with Crippen molar-refractivity contribution in [3.05, 3.63) is 75.2 Å². The number of rotatable bonds is 6. The molecule has 6 nitrogen and oxygen atoms in total. The summed E-state index contributed by atoms with van der Waals surface area (Å²) in [5, 5.41) is 3.66. The number of fused-ring (bicyclic) bond motifs is 1. The summed E-state index contributed by atoms with van der Waals surface area (Å²) in [7, 11) is 0. The predicted octanol–water partition coefficient (Wildman–Crippen LogP) is 2.94. The summed E-state index contributed by atoms with van der Waals surface area (Å²) in [5.41, 5.74) is 1.82. The second kappa shape index (κ2) is 8.88. The zero-order chi connectivity index (χ0) is 20.2. The number of halogens is 1. The fourth-order valence-corrected chi connectivity index (χ4v) is 4.11. The topological polar surface area (TPSA) is 67.2 Å². The minimum absolute atomic E-state index is 0.0298. The van der Waals surface area contributed by atoms with Crippen molar-refractivity contribution in [1.29, 1.82) is 0 Å². The number of aromatic nitrogens is 2. The lowest BCUT2D eigenvalue weighted by atomic mass is 10.2. The molecule has 0 bridgehead atoms. The van der Waals surface area contributed by atoms with E-state index in [4.69, 9.17) is 0 Å². The fourth-order valence-electron chi connectivity index (χ4n) is 3.75. The summed E-state index contributed by atoms with van der Waals surface area (Å²) in [6.45, 7) is 3.05. The van der Waals surface area contributed by atoms with Gasteiger partial charge in [0.15, 0.2) is 0 Å². The lowest BCUT2D eigenvalue weighted by Crippen LogP contribution is -2.37. The van der Waals surface area contributed by atoms with Gasteiger partial charge >= 0.3 is 0 Å². The summed E-state index contributed by atoms with van der Waals surface area (Å²) >= 11 is 3.38. The van der Waals surface area contributed by atoms with Crippen LogP contribution in [-0.2, 0) is 17.9 Å². The van der Waals surface area contributed by atoms with Gasteiger partial charge in [0.1, 0.15) is 0 Å². The van der Waals surface area contributed by atoms with Gasteiger partial charge in [-0.1, -0.05) is 46.3 Å². The van der Waals surface area contributed by atoms with Gasteiger partial charge in [0.05, 0.1) is 17.2 Å². The van der Waals surface area contributed by atoms with Gasteiger partial charge in [-0.15, -0.1) is 0 Å². The molecule has 1 aliphatic rings. The maximum absolute atomic E-state index is 12.6. The number of benzene rings is 2. The Balaban J connectivity index is 1.30. The van der Waals surface area contributed by atoms with E-state index in [0.717, 1.165) is 30.5 Å². The van der Waals surface area contributed by atoms with Crippen LogP contribution in [0.25, 0.3) is 10.9 Å². The molecule has 0 aliphatic carbocycles. The molecule has 1 unspecified atom stereocenters. The number of aryl methyl sites for hydroxylation is 1. The molecular formula is C22H23BrN4O2. The number of hydrogen-bond donors (Lipinski definition) is 1. The highest BCUT2D eigenvalue weighted by molar-refractivity contribution is 9.10.